The molecule has 0 radical (unpaired) electrons. The van der Waals surface area contributed by atoms with Gasteiger partial charge < -0.3 is 20.5 Å². The molecule has 42 heavy (non-hydrogen) atoms. The summed E-state index contributed by atoms with van der Waals surface area (Å²) in [7, 11) is 0. The molecule has 0 spiro atoms. The third-order valence-corrected chi connectivity index (χ3v) is 8.11. The molecule has 6 rings (SSSR count). The summed E-state index contributed by atoms with van der Waals surface area (Å²) in [5.41, 5.74) is 5.04. The van der Waals surface area contributed by atoms with Gasteiger partial charge in [-0.05, 0) is 66.6 Å². The lowest BCUT2D eigenvalue weighted by molar-refractivity contribution is -0.116. The van der Waals surface area contributed by atoms with Crippen LogP contribution in [0.1, 0.15) is 21.5 Å². The Morgan fingerprint density at radius 3 is 2.43 bits per heavy atom. The largest absolute Gasteiger partial charge is 0.361 e. The maximum Gasteiger partial charge on any atom is 0.272 e. The van der Waals surface area contributed by atoms with Crippen LogP contribution in [0, 0.1) is 0 Å². The molecule has 0 bridgehead atoms. The molecular weight excluding hydrogens is 544 g/mol. The highest BCUT2D eigenvalue weighted by Crippen LogP contribution is 2.29. The Hall–Kier alpha value is -5.08. The molecule has 2 heterocycles. The molecule has 1 aliphatic rings. The number of aromatic nitrogens is 1. The lowest BCUT2D eigenvalue weighted by Gasteiger charge is -2.17. The van der Waals surface area contributed by atoms with Gasteiger partial charge in [0, 0.05) is 51.0 Å². The molecule has 3 amide bonds. The van der Waals surface area contributed by atoms with Crippen LogP contribution in [0.2, 0.25) is 0 Å². The Morgan fingerprint density at radius 2 is 1.60 bits per heavy atom. The van der Waals surface area contributed by atoms with E-state index in [0.29, 0.717) is 23.5 Å². The monoisotopic (exact) mass is 572 g/mol. The highest BCUT2D eigenvalue weighted by atomic mass is 32.2. The number of carbonyl (C=O) groups excluding carboxylic acids is 3. The number of hydrogen-bond acceptors (Lipinski definition) is 4. The van der Waals surface area contributed by atoms with Crippen LogP contribution in [0.4, 0.5) is 11.4 Å². The fraction of sp³-hybridized carbons (Fsp3) is 0.0882. The summed E-state index contributed by atoms with van der Waals surface area (Å²) in [5.74, 6) is -0.437. The van der Waals surface area contributed by atoms with Gasteiger partial charge in [0.05, 0.1) is 5.75 Å². The first kappa shape index (κ1) is 27.1. The Balaban J connectivity index is 1.14. The molecule has 208 valence electrons. The number of para-hydroxylation sites is 2. The summed E-state index contributed by atoms with van der Waals surface area (Å²) in [6, 6.07) is 31.9. The third kappa shape index (κ3) is 5.99. The number of thioether (sulfide) groups is 1. The molecule has 0 saturated carbocycles. The fourth-order valence-electron chi connectivity index (χ4n) is 4.96. The van der Waals surface area contributed by atoms with E-state index in [-0.39, 0.29) is 17.5 Å². The summed E-state index contributed by atoms with van der Waals surface area (Å²) < 4.78 is 0. The second-order valence-electron chi connectivity index (χ2n) is 9.86. The first-order valence-corrected chi connectivity index (χ1v) is 14.6. The Labute approximate surface area is 247 Å². The van der Waals surface area contributed by atoms with Crippen molar-refractivity contribution in [1.82, 2.24) is 10.3 Å². The normalized spacial score (nSPS) is 12.7. The summed E-state index contributed by atoms with van der Waals surface area (Å²) in [4.78, 5) is 45.2. The number of hydrogen-bond donors (Lipinski definition) is 3. The SMILES string of the molecule is O=C(Nc1ccc(SCC(=O)N2CCc3ccccc32)cc1)C(=Cc1c[nH]c2ccccc12)NC(=O)c1ccccc1. The van der Waals surface area contributed by atoms with Crippen LogP contribution in [-0.2, 0) is 16.0 Å². The van der Waals surface area contributed by atoms with Gasteiger partial charge in [0.2, 0.25) is 5.91 Å². The minimum atomic E-state index is -0.451. The molecule has 7 nitrogen and oxygen atoms in total. The number of aromatic amines is 1. The average Bonchev–Trinajstić information content (AvgIpc) is 3.65. The zero-order valence-electron chi connectivity index (χ0n) is 22.7. The highest BCUT2D eigenvalue weighted by Gasteiger charge is 2.24. The summed E-state index contributed by atoms with van der Waals surface area (Å²) in [6.07, 6.45) is 4.35. The third-order valence-electron chi connectivity index (χ3n) is 7.11. The average molecular weight is 573 g/mol. The van der Waals surface area contributed by atoms with Crippen LogP contribution in [0.25, 0.3) is 17.0 Å². The van der Waals surface area contributed by atoms with E-state index < -0.39 is 5.91 Å². The van der Waals surface area contributed by atoms with Crippen LogP contribution in [-0.4, -0.2) is 35.0 Å². The van der Waals surface area contributed by atoms with Crippen molar-refractivity contribution in [2.75, 3.05) is 22.5 Å². The van der Waals surface area contributed by atoms with Crippen molar-refractivity contribution >= 4 is 57.8 Å². The van der Waals surface area contributed by atoms with Gasteiger partial charge in [-0.25, -0.2) is 0 Å². The van der Waals surface area contributed by atoms with Crippen LogP contribution < -0.4 is 15.5 Å². The summed E-state index contributed by atoms with van der Waals surface area (Å²) >= 11 is 1.46. The van der Waals surface area contributed by atoms with Crippen molar-refractivity contribution < 1.29 is 14.4 Å². The number of nitrogens with zero attached hydrogens (tertiary/aromatic N) is 1. The standard InChI is InChI=1S/C34H28N4O3S/c39-32(38-19-18-23-8-4-7-13-31(23)38)22-42-27-16-14-26(15-17-27)36-34(41)30(37-33(40)24-9-2-1-3-10-24)20-25-21-35-29-12-6-5-11-28(25)29/h1-17,20-21,35H,18-19,22H2,(H,36,41)(H,37,40). The molecule has 3 N–H and O–H groups in total. The van der Waals surface area contributed by atoms with Crippen LogP contribution in [0.15, 0.2) is 120 Å². The maximum absolute atomic E-state index is 13.4. The van der Waals surface area contributed by atoms with Gasteiger partial charge in [0.15, 0.2) is 0 Å². The van der Waals surface area contributed by atoms with Gasteiger partial charge in [-0.15, -0.1) is 11.8 Å². The second kappa shape index (κ2) is 12.2. The Kier molecular flexibility index (Phi) is 7.87. The minimum Gasteiger partial charge on any atom is -0.361 e. The number of H-pyrrole nitrogens is 1. The first-order chi connectivity index (χ1) is 20.5. The summed E-state index contributed by atoms with van der Waals surface area (Å²) in [6.45, 7) is 0.707. The lowest BCUT2D eigenvalue weighted by Crippen LogP contribution is -2.30. The molecule has 5 aromatic rings. The van der Waals surface area contributed by atoms with E-state index in [9.17, 15) is 14.4 Å². The molecular formula is C34H28N4O3S. The van der Waals surface area contributed by atoms with E-state index in [1.807, 2.05) is 65.6 Å². The van der Waals surface area contributed by atoms with E-state index in [2.05, 4.69) is 21.7 Å². The van der Waals surface area contributed by atoms with Crippen molar-refractivity contribution in [2.24, 2.45) is 0 Å². The Bertz CT molecular complexity index is 1790. The van der Waals surface area contributed by atoms with Crippen LogP contribution in [0.3, 0.4) is 0 Å². The minimum absolute atomic E-state index is 0.0727. The highest BCUT2D eigenvalue weighted by molar-refractivity contribution is 8.00. The van der Waals surface area contributed by atoms with Crippen LogP contribution >= 0.6 is 11.8 Å². The topological polar surface area (TPSA) is 94.3 Å². The number of amides is 3. The van der Waals surface area contributed by atoms with E-state index in [0.717, 1.165) is 33.5 Å². The number of carbonyl (C=O) groups is 3. The van der Waals surface area contributed by atoms with Gasteiger partial charge in [0.1, 0.15) is 5.70 Å². The van der Waals surface area contributed by atoms with E-state index in [1.165, 1.54) is 17.3 Å². The molecule has 0 unspecified atom stereocenters. The van der Waals surface area contributed by atoms with Crippen molar-refractivity contribution in [1.29, 1.82) is 0 Å². The van der Waals surface area contributed by atoms with Gasteiger partial charge in [-0.2, -0.15) is 0 Å². The second-order valence-corrected chi connectivity index (χ2v) is 10.9. The van der Waals surface area contributed by atoms with Gasteiger partial charge >= 0.3 is 0 Å². The molecule has 1 aliphatic heterocycles. The smallest absolute Gasteiger partial charge is 0.272 e. The van der Waals surface area contributed by atoms with Crippen molar-refractivity contribution in [2.45, 2.75) is 11.3 Å². The fourth-order valence-corrected chi connectivity index (χ4v) is 5.74. The predicted molar refractivity (Wildman–Crippen MR) is 168 cm³/mol. The van der Waals surface area contributed by atoms with Gasteiger partial charge in [-0.3, -0.25) is 14.4 Å². The van der Waals surface area contributed by atoms with Crippen molar-refractivity contribution in [3.8, 4) is 0 Å². The molecule has 0 saturated heterocycles. The van der Waals surface area contributed by atoms with E-state index >= 15 is 0 Å². The maximum atomic E-state index is 13.4. The van der Waals surface area contributed by atoms with Gasteiger partial charge in [-0.1, -0.05) is 54.6 Å². The summed E-state index contributed by atoms with van der Waals surface area (Å²) in [5, 5.41) is 6.61. The Morgan fingerprint density at radius 1 is 0.857 bits per heavy atom. The van der Waals surface area contributed by atoms with Crippen LogP contribution in [0.5, 0.6) is 0 Å². The van der Waals surface area contributed by atoms with Crippen molar-refractivity contribution in [3.05, 3.63) is 132 Å². The van der Waals surface area contributed by atoms with Gasteiger partial charge in [0.25, 0.3) is 11.8 Å². The molecule has 8 heteroatoms. The zero-order valence-corrected chi connectivity index (χ0v) is 23.5. The number of benzene rings is 4. The lowest BCUT2D eigenvalue weighted by atomic mass is 10.1. The number of fused-ring (bicyclic) bond motifs is 2. The number of anilines is 2. The van der Waals surface area contributed by atoms with E-state index in [1.54, 1.807) is 48.7 Å². The van der Waals surface area contributed by atoms with Crippen molar-refractivity contribution in [3.63, 3.8) is 0 Å². The molecule has 1 aromatic heterocycles. The predicted octanol–water partition coefficient (Wildman–Crippen LogP) is 6.26. The first-order valence-electron chi connectivity index (χ1n) is 13.6. The molecule has 0 aliphatic carbocycles. The van der Waals surface area contributed by atoms with E-state index in [4.69, 9.17) is 0 Å². The number of rotatable bonds is 8. The molecule has 0 fully saturated rings. The molecule has 0 atom stereocenters. The quantitative estimate of drug-likeness (QED) is 0.151. The number of nitrogens with one attached hydrogen (secondary N) is 3. The molecule has 4 aromatic carbocycles. The zero-order chi connectivity index (χ0) is 28.9.